The second kappa shape index (κ2) is 5.75. The summed E-state index contributed by atoms with van der Waals surface area (Å²) in [5.41, 5.74) is 0.905. The molecular weight excluding hydrogens is 262 g/mol. The van der Waals surface area contributed by atoms with Gasteiger partial charge in [-0.1, -0.05) is 30.3 Å². The fraction of sp³-hybridized carbons (Fsp3) is 0.286. The Bertz CT molecular complexity index is 576. The summed E-state index contributed by atoms with van der Waals surface area (Å²) in [6.07, 6.45) is 0.125. The average molecular weight is 275 g/mol. The van der Waals surface area contributed by atoms with Crippen LogP contribution < -0.4 is 4.74 Å². The number of carbonyl (C=O) groups excluding carboxylic acids is 1. The van der Waals surface area contributed by atoms with Crippen LogP contribution in [-0.4, -0.2) is 30.4 Å². The molecule has 0 radical (unpaired) electrons. The maximum atomic E-state index is 11.7. The second-order valence-corrected chi connectivity index (χ2v) is 4.36. The molecule has 1 saturated heterocycles. The SMILES string of the molecule is O=C(OCc1ccccc1)c1cc(OCC2CO2)no1. The van der Waals surface area contributed by atoms with Crippen LogP contribution in [0.15, 0.2) is 40.9 Å². The summed E-state index contributed by atoms with van der Waals surface area (Å²) < 4.78 is 20.3. The van der Waals surface area contributed by atoms with E-state index in [1.54, 1.807) is 0 Å². The van der Waals surface area contributed by atoms with E-state index in [-0.39, 0.29) is 24.4 Å². The van der Waals surface area contributed by atoms with Crippen LogP contribution in [0.5, 0.6) is 5.88 Å². The van der Waals surface area contributed by atoms with Crippen molar-refractivity contribution in [1.29, 1.82) is 0 Å². The first-order valence-electron chi connectivity index (χ1n) is 6.23. The van der Waals surface area contributed by atoms with Gasteiger partial charge in [-0.25, -0.2) is 4.79 Å². The highest BCUT2D eigenvalue weighted by atomic mass is 16.6. The molecule has 1 aromatic carbocycles. The van der Waals surface area contributed by atoms with Gasteiger partial charge in [-0.15, -0.1) is 0 Å². The Labute approximate surface area is 115 Å². The third-order valence-electron chi connectivity index (χ3n) is 2.72. The number of nitrogens with zero attached hydrogens (tertiary/aromatic N) is 1. The van der Waals surface area contributed by atoms with Crippen molar-refractivity contribution in [2.75, 3.05) is 13.2 Å². The minimum absolute atomic E-state index is 0.0210. The van der Waals surface area contributed by atoms with Gasteiger partial charge in [-0.05, 0) is 10.7 Å². The molecule has 1 unspecified atom stereocenters. The molecule has 0 aliphatic carbocycles. The van der Waals surface area contributed by atoms with Crippen molar-refractivity contribution in [3.05, 3.63) is 47.7 Å². The van der Waals surface area contributed by atoms with E-state index in [1.807, 2.05) is 30.3 Å². The van der Waals surface area contributed by atoms with Gasteiger partial charge in [0.25, 0.3) is 5.88 Å². The summed E-state index contributed by atoms with van der Waals surface area (Å²) in [5, 5.41) is 3.64. The highest BCUT2D eigenvalue weighted by molar-refractivity contribution is 5.86. The fourth-order valence-electron chi connectivity index (χ4n) is 1.56. The van der Waals surface area contributed by atoms with E-state index in [1.165, 1.54) is 6.07 Å². The number of hydrogen-bond donors (Lipinski definition) is 0. The van der Waals surface area contributed by atoms with Gasteiger partial charge in [0.05, 0.1) is 12.7 Å². The monoisotopic (exact) mass is 275 g/mol. The first-order chi connectivity index (χ1) is 9.81. The van der Waals surface area contributed by atoms with Gasteiger partial charge in [0.1, 0.15) is 19.3 Å². The van der Waals surface area contributed by atoms with E-state index < -0.39 is 5.97 Å². The van der Waals surface area contributed by atoms with Crippen LogP contribution in [0.1, 0.15) is 16.1 Å². The molecule has 0 saturated carbocycles. The van der Waals surface area contributed by atoms with Crippen LogP contribution in [0, 0.1) is 0 Å². The molecule has 104 valence electrons. The Morgan fingerprint density at radius 1 is 1.35 bits per heavy atom. The summed E-state index contributed by atoms with van der Waals surface area (Å²) >= 11 is 0. The largest absolute Gasteiger partial charge is 0.473 e. The lowest BCUT2D eigenvalue weighted by molar-refractivity contribution is 0.0425. The van der Waals surface area contributed by atoms with Gasteiger partial charge in [0.15, 0.2) is 0 Å². The molecule has 0 spiro atoms. The minimum atomic E-state index is -0.570. The zero-order chi connectivity index (χ0) is 13.8. The zero-order valence-corrected chi connectivity index (χ0v) is 10.7. The Morgan fingerprint density at radius 3 is 2.90 bits per heavy atom. The van der Waals surface area contributed by atoms with Crippen molar-refractivity contribution in [3.63, 3.8) is 0 Å². The molecule has 1 fully saturated rings. The van der Waals surface area contributed by atoms with Crippen LogP contribution in [0.4, 0.5) is 0 Å². The van der Waals surface area contributed by atoms with Crippen LogP contribution in [0.25, 0.3) is 0 Å². The van der Waals surface area contributed by atoms with Gasteiger partial charge in [0.2, 0.25) is 5.76 Å². The molecule has 0 amide bonds. The standard InChI is InChI=1S/C14H13NO5/c16-14(19-7-10-4-2-1-3-5-10)12-6-13(15-20-12)18-9-11-8-17-11/h1-6,11H,7-9H2. The first-order valence-corrected chi connectivity index (χ1v) is 6.23. The summed E-state index contributed by atoms with van der Waals surface area (Å²) in [5.74, 6) is -0.293. The van der Waals surface area contributed by atoms with Crippen LogP contribution in [0.3, 0.4) is 0 Å². The lowest BCUT2D eigenvalue weighted by Crippen LogP contribution is -2.05. The van der Waals surface area contributed by atoms with E-state index >= 15 is 0 Å². The van der Waals surface area contributed by atoms with Gasteiger partial charge >= 0.3 is 5.97 Å². The molecule has 1 aliphatic heterocycles. The van der Waals surface area contributed by atoms with Crippen LogP contribution in [-0.2, 0) is 16.1 Å². The van der Waals surface area contributed by atoms with Crippen LogP contribution >= 0.6 is 0 Å². The van der Waals surface area contributed by atoms with E-state index in [4.69, 9.17) is 18.7 Å². The quantitative estimate of drug-likeness (QED) is 0.591. The molecule has 6 nitrogen and oxygen atoms in total. The smallest absolute Gasteiger partial charge is 0.377 e. The van der Waals surface area contributed by atoms with Crippen molar-refractivity contribution in [2.45, 2.75) is 12.7 Å². The summed E-state index contributed by atoms with van der Waals surface area (Å²) in [6.45, 7) is 1.29. The Morgan fingerprint density at radius 2 is 2.15 bits per heavy atom. The second-order valence-electron chi connectivity index (χ2n) is 4.36. The Balaban J connectivity index is 1.51. The number of carbonyl (C=O) groups is 1. The van der Waals surface area contributed by atoms with Gasteiger partial charge in [-0.3, -0.25) is 0 Å². The zero-order valence-electron chi connectivity index (χ0n) is 10.7. The normalized spacial score (nSPS) is 16.7. The lowest BCUT2D eigenvalue weighted by atomic mass is 10.2. The highest BCUT2D eigenvalue weighted by Crippen LogP contribution is 2.16. The predicted octanol–water partition coefficient (Wildman–Crippen LogP) is 1.81. The minimum Gasteiger partial charge on any atom is -0.473 e. The third kappa shape index (κ3) is 3.36. The lowest BCUT2D eigenvalue weighted by Gasteiger charge is -2.01. The van der Waals surface area contributed by atoms with Crippen LogP contribution in [0.2, 0.25) is 0 Å². The maximum Gasteiger partial charge on any atom is 0.377 e. The number of aromatic nitrogens is 1. The topological polar surface area (TPSA) is 74.1 Å². The van der Waals surface area contributed by atoms with E-state index in [9.17, 15) is 4.79 Å². The number of epoxide rings is 1. The maximum absolute atomic E-state index is 11.7. The molecule has 2 heterocycles. The molecule has 6 heteroatoms. The fourth-order valence-corrected chi connectivity index (χ4v) is 1.56. The van der Waals surface area contributed by atoms with Gasteiger partial charge < -0.3 is 18.7 Å². The van der Waals surface area contributed by atoms with E-state index in [0.29, 0.717) is 13.2 Å². The average Bonchev–Trinajstić information content (AvgIpc) is 3.20. The molecule has 0 bridgehead atoms. The molecule has 0 N–H and O–H groups in total. The van der Waals surface area contributed by atoms with Gasteiger partial charge in [0, 0.05) is 0 Å². The van der Waals surface area contributed by atoms with Crippen molar-refractivity contribution < 1.29 is 23.5 Å². The Hall–Kier alpha value is -2.34. The molecule has 1 aromatic heterocycles. The molecule has 1 aliphatic rings. The first kappa shape index (κ1) is 12.7. The number of benzene rings is 1. The predicted molar refractivity (Wildman–Crippen MR) is 67.3 cm³/mol. The molecule has 1 atom stereocenters. The number of rotatable bonds is 6. The number of hydrogen-bond acceptors (Lipinski definition) is 6. The van der Waals surface area contributed by atoms with Crippen molar-refractivity contribution in [1.82, 2.24) is 5.16 Å². The van der Waals surface area contributed by atoms with Crippen molar-refractivity contribution in [3.8, 4) is 5.88 Å². The summed E-state index contributed by atoms with van der Waals surface area (Å²) in [4.78, 5) is 11.7. The number of ether oxygens (including phenoxy) is 3. The summed E-state index contributed by atoms with van der Waals surface area (Å²) in [6, 6.07) is 10.8. The van der Waals surface area contributed by atoms with Gasteiger partial charge in [-0.2, -0.15) is 0 Å². The van der Waals surface area contributed by atoms with E-state index in [0.717, 1.165) is 5.56 Å². The Kier molecular flexibility index (Phi) is 3.64. The molecule has 2 aromatic rings. The molecular formula is C14H13NO5. The molecule has 20 heavy (non-hydrogen) atoms. The summed E-state index contributed by atoms with van der Waals surface area (Å²) in [7, 11) is 0. The van der Waals surface area contributed by atoms with Crippen molar-refractivity contribution in [2.24, 2.45) is 0 Å². The number of esters is 1. The molecule has 3 rings (SSSR count). The third-order valence-corrected chi connectivity index (χ3v) is 2.72. The van der Waals surface area contributed by atoms with E-state index in [2.05, 4.69) is 5.16 Å². The highest BCUT2D eigenvalue weighted by Gasteiger charge is 2.24. The van der Waals surface area contributed by atoms with Crippen molar-refractivity contribution >= 4 is 5.97 Å².